The van der Waals surface area contributed by atoms with E-state index in [1.165, 1.54) is 6.07 Å². The Morgan fingerprint density at radius 1 is 1.04 bits per heavy atom. The molecule has 0 N–H and O–H groups in total. The fourth-order valence-corrected chi connectivity index (χ4v) is 2.40. The van der Waals surface area contributed by atoms with Crippen molar-refractivity contribution in [3.05, 3.63) is 40.9 Å². The monoisotopic (exact) mass is 318 g/mol. The van der Waals surface area contributed by atoms with Crippen LogP contribution in [0.4, 0.5) is 0 Å². The van der Waals surface area contributed by atoms with Gasteiger partial charge in [0.05, 0.1) is 6.26 Å². The third-order valence-electron chi connectivity index (χ3n) is 3.35. The van der Waals surface area contributed by atoms with Crippen molar-refractivity contribution >= 4 is 21.9 Å². The van der Waals surface area contributed by atoms with Crippen LogP contribution in [0.5, 0.6) is 5.75 Å². The highest BCUT2D eigenvalue weighted by molar-refractivity contribution is 5.99. The number of hydrogen-bond acceptors (Lipinski definition) is 6. The Labute approximate surface area is 132 Å². The summed E-state index contributed by atoms with van der Waals surface area (Å²) in [4.78, 5) is 11.6. The first kappa shape index (κ1) is 15.6. The second-order valence-electron chi connectivity index (χ2n) is 4.87. The number of furan rings is 1. The lowest BCUT2D eigenvalue weighted by Gasteiger charge is -2.17. The molecule has 2 heterocycles. The van der Waals surface area contributed by atoms with E-state index < -0.39 is 11.9 Å². The van der Waals surface area contributed by atoms with E-state index in [0.29, 0.717) is 30.1 Å². The normalized spacial score (nSPS) is 11.6. The van der Waals surface area contributed by atoms with Crippen molar-refractivity contribution < 1.29 is 23.0 Å². The van der Waals surface area contributed by atoms with Gasteiger partial charge < -0.3 is 23.0 Å². The van der Waals surface area contributed by atoms with E-state index >= 15 is 0 Å². The van der Waals surface area contributed by atoms with Crippen LogP contribution in [0.25, 0.3) is 21.9 Å². The molecule has 23 heavy (non-hydrogen) atoms. The highest BCUT2D eigenvalue weighted by atomic mass is 16.7. The Bertz CT molecular complexity index is 841. The molecular weight excluding hydrogens is 300 g/mol. The van der Waals surface area contributed by atoms with E-state index in [9.17, 15) is 4.79 Å². The predicted molar refractivity (Wildman–Crippen MR) is 84.8 cm³/mol. The molecule has 0 saturated carbocycles. The zero-order valence-corrected chi connectivity index (χ0v) is 13.0. The molecule has 0 aliphatic carbocycles. The van der Waals surface area contributed by atoms with Gasteiger partial charge in [0.15, 0.2) is 17.5 Å². The number of fused-ring (bicyclic) bond motifs is 2. The molecule has 0 aliphatic heterocycles. The molecule has 6 heteroatoms. The van der Waals surface area contributed by atoms with E-state index in [0.717, 1.165) is 10.8 Å². The van der Waals surface area contributed by atoms with Crippen LogP contribution in [0.2, 0.25) is 0 Å². The molecule has 0 amide bonds. The summed E-state index contributed by atoms with van der Waals surface area (Å²) in [5, 5.41) is 1.63. The van der Waals surface area contributed by atoms with E-state index in [1.807, 2.05) is 26.0 Å². The van der Waals surface area contributed by atoms with Crippen LogP contribution < -0.4 is 10.4 Å². The van der Waals surface area contributed by atoms with Crippen molar-refractivity contribution in [1.29, 1.82) is 0 Å². The second kappa shape index (κ2) is 6.85. The summed E-state index contributed by atoms with van der Waals surface area (Å²) in [6.07, 6.45) is 1.07. The van der Waals surface area contributed by atoms with Crippen LogP contribution in [0.1, 0.15) is 13.8 Å². The van der Waals surface area contributed by atoms with Crippen LogP contribution >= 0.6 is 0 Å². The Morgan fingerprint density at radius 2 is 1.78 bits per heavy atom. The minimum absolute atomic E-state index is 0.162. The van der Waals surface area contributed by atoms with Gasteiger partial charge in [-0.15, -0.1) is 0 Å². The van der Waals surface area contributed by atoms with Gasteiger partial charge in [-0.2, -0.15) is 0 Å². The van der Waals surface area contributed by atoms with Crippen molar-refractivity contribution in [2.45, 2.75) is 20.1 Å². The summed E-state index contributed by atoms with van der Waals surface area (Å²) in [6, 6.07) is 6.78. The van der Waals surface area contributed by atoms with E-state index in [2.05, 4.69) is 0 Å². The largest absolute Gasteiger partial charge is 0.481 e. The highest BCUT2D eigenvalue weighted by Gasteiger charge is 2.17. The van der Waals surface area contributed by atoms with Gasteiger partial charge in [-0.1, -0.05) is 0 Å². The smallest absolute Gasteiger partial charge is 0.336 e. The predicted octanol–water partition coefficient (Wildman–Crippen LogP) is 3.32. The van der Waals surface area contributed by atoms with E-state index in [1.54, 1.807) is 12.3 Å². The molecule has 0 unspecified atom stereocenters. The molecule has 3 rings (SSSR count). The lowest BCUT2D eigenvalue weighted by Crippen LogP contribution is -2.25. The van der Waals surface area contributed by atoms with Gasteiger partial charge in [0.1, 0.15) is 6.61 Å². The minimum Gasteiger partial charge on any atom is -0.481 e. The van der Waals surface area contributed by atoms with Gasteiger partial charge in [0.25, 0.3) is 0 Å². The summed E-state index contributed by atoms with van der Waals surface area (Å²) in [7, 11) is 0. The zero-order valence-electron chi connectivity index (χ0n) is 13.0. The molecule has 0 saturated heterocycles. The number of benzene rings is 1. The molecule has 0 bridgehead atoms. The Hall–Kier alpha value is -2.31. The third kappa shape index (κ3) is 3.23. The first-order valence-electron chi connectivity index (χ1n) is 7.53. The molecule has 122 valence electrons. The molecule has 0 radical (unpaired) electrons. The van der Waals surface area contributed by atoms with Crippen LogP contribution in [-0.4, -0.2) is 26.1 Å². The van der Waals surface area contributed by atoms with Crippen LogP contribution in [0, 0.1) is 0 Å². The Kier molecular flexibility index (Phi) is 4.64. The van der Waals surface area contributed by atoms with Crippen LogP contribution in [0.15, 0.2) is 44.2 Å². The average molecular weight is 318 g/mol. The van der Waals surface area contributed by atoms with Crippen molar-refractivity contribution in [1.82, 2.24) is 0 Å². The summed E-state index contributed by atoms with van der Waals surface area (Å²) in [5.74, 6) is 0.379. The standard InChI is InChI=1S/C17H18O6/c1-3-19-14(20-4-2)10-22-17-15-12(7-8-21-15)9-11-5-6-13(18)23-16(11)17/h5-9,14H,3-4,10H2,1-2H3. The number of ether oxygens (including phenoxy) is 3. The first-order valence-corrected chi connectivity index (χ1v) is 7.53. The third-order valence-corrected chi connectivity index (χ3v) is 3.35. The molecule has 6 nitrogen and oxygen atoms in total. The van der Waals surface area contributed by atoms with E-state index in [-0.39, 0.29) is 6.61 Å². The maximum absolute atomic E-state index is 11.6. The van der Waals surface area contributed by atoms with Crippen molar-refractivity contribution in [3.63, 3.8) is 0 Å². The fraction of sp³-hybridized carbons (Fsp3) is 0.353. The van der Waals surface area contributed by atoms with Gasteiger partial charge in [0, 0.05) is 30.1 Å². The van der Waals surface area contributed by atoms with Crippen LogP contribution in [-0.2, 0) is 9.47 Å². The lowest BCUT2D eigenvalue weighted by atomic mass is 10.1. The highest BCUT2D eigenvalue weighted by Crippen LogP contribution is 2.35. The molecule has 3 aromatic rings. The maximum atomic E-state index is 11.6. The average Bonchev–Trinajstić information content (AvgIpc) is 3.00. The fourth-order valence-electron chi connectivity index (χ4n) is 2.40. The van der Waals surface area contributed by atoms with Gasteiger partial charge in [-0.25, -0.2) is 4.79 Å². The first-order chi connectivity index (χ1) is 11.2. The van der Waals surface area contributed by atoms with Gasteiger partial charge >= 0.3 is 5.63 Å². The minimum atomic E-state index is -0.499. The molecular formula is C17H18O6. The Balaban J connectivity index is 2.00. The van der Waals surface area contributed by atoms with Crippen molar-refractivity contribution in [3.8, 4) is 5.75 Å². The molecule has 0 aliphatic rings. The Morgan fingerprint density at radius 3 is 2.52 bits per heavy atom. The van der Waals surface area contributed by atoms with Gasteiger partial charge in [0.2, 0.25) is 5.75 Å². The van der Waals surface area contributed by atoms with Crippen molar-refractivity contribution in [2.24, 2.45) is 0 Å². The topological polar surface area (TPSA) is 71.0 Å². The summed E-state index contributed by atoms with van der Waals surface area (Å²) >= 11 is 0. The molecule has 0 spiro atoms. The van der Waals surface area contributed by atoms with Gasteiger partial charge in [-0.3, -0.25) is 0 Å². The molecule has 0 fully saturated rings. The lowest BCUT2D eigenvalue weighted by molar-refractivity contribution is -0.152. The number of hydrogen-bond donors (Lipinski definition) is 0. The summed E-state index contributed by atoms with van der Waals surface area (Å²) in [5.41, 5.74) is 0.435. The number of rotatable bonds is 7. The van der Waals surface area contributed by atoms with E-state index in [4.69, 9.17) is 23.0 Å². The summed E-state index contributed by atoms with van der Waals surface area (Å²) < 4.78 is 27.5. The zero-order chi connectivity index (χ0) is 16.2. The molecule has 2 aromatic heterocycles. The molecule has 1 aromatic carbocycles. The SMILES string of the molecule is CCOC(COc1c2occc2cc2ccc(=O)oc12)OCC. The summed E-state index contributed by atoms with van der Waals surface area (Å²) in [6.45, 7) is 4.94. The van der Waals surface area contributed by atoms with Gasteiger partial charge in [-0.05, 0) is 32.0 Å². The maximum Gasteiger partial charge on any atom is 0.336 e. The molecule has 0 atom stereocenters. The van der Waals surface area contributed by atoms with Crippen molar-refractivity contribution in [2.75, 3.05) is 19.8 Å². The van der Waals surface area contributed by atoms with Crippen LogP contribution in [0.3, 0.4) is 0 Å². The quantitative estimate of drug-likeness (QED) is 0.491. The second-order valence-corrected chi connectivity index (χ2v) is 4.87.